The summed E-state index contributed by atoms with van der Waals surface area (Å²) in [5, 5.41) is 10.0. The van der Waals surface area contributed by atoms with Crippen molar-refractivity contribution in [3.63, 3.8) is 0 Å². The van der Waals surface area contributed by atoms with Crippen LogP contribution in [0.4, 0.5) is 4.39 Å². The van der Waals surface area contributed by atoms with Crippen LogP contribution in [-0.2, 0) is 9.53 Å². The van der Waals surface area contributed by atoms with E-state index < -0.39 is 17.9 Å². The van der Waals surface area contributed by atoms with Crippen LogP contribution >= 0.6 is 0 Å². The Morgan fingerprint density at radius 1 is 1.17 bits per heavy atom. The Bertz CT molecular complexity index is 912. The van der Waals surface area contributed by atoms with Crippen LogP contribution in [0.15, 0.2) is 30.5 Å². The lowest BCUT2D eigenvalue weighted by atomic mass is 9.82. The molecular formula is C23H28FNO5. The molecule has 0 aliphatic carbocycles. The van der Waals surface area contributed by atoms with Gasteiger partial charge >= 0.3 is 5.97 Å². The second kappa shape index (κ2) is 10.2. The molecule has 30 heavy (non-hydrogen) atoms. The minimum absolute atomic E-state index is 0.116. The molecule has 1 aromatic carbocycles. The van der Waals surface area contributed by atoms with E-state index in [4.69, 9.17) is 9.47 Å². The fraction of sp³-hybridized carbons (Fsp3) is 0.435. The number of Topliss-reactive ketones (excluding diaryl/α,β-unsaturated/α-hetero) is 1. The van der Waals surface area contributed by atoms with Gasteiger partial charge in [0.15, 0.2) is 23.0 Å². The SMILES string of the molecule is COc1ccnc(C(=O)CCC(=O)O[C@@H](C)[C@H](c2ccc(F)cc2C)C(C)C)c1O. The van der Waals surface area contributed by atoms with Crippen molar-refractivity contribution in [2.75, 3.05) is 7.11 Å². The highest BCUT2D eigenvalue weighted by Crippen LogP contribution is 2.33. The Hall–Kier alpha value is -2.96. The molecule has 0 unspecified atom stereocenters. The van der Waals surface area contributed by atoms with Gasteiger partial charge in [0.25, 0.3) is 0 Å². The van der Waals surface area contributed by atoms with Crippen molar-refractivity contribution in [1.82, 2.24) is 4.98 Å². The van der Waals surface area contributed by atoms with Gasteiger partial charge in [-0.2, -0.15) is 0 Å². The third kappa shape index (κ3) is 5.55. The number of benzene rings is 1. The molecule has 162 valence electrons. The predicted octanol–water partition coefficient (Wildman–Crippen LogP) is 4.58. The number of ketones is 1. The summed E-state index contributed by atoms with van der Waals surface area (Å²) in [4.78, 5) is 28.6. The average molecular weight is 417 g/mol. The molecule has 0 fully saturated rings. The number of hydrogen-bond acceptors (Lipinski definition) is 6. The maximum atomic E-state index is 13.5. The van der Waals surface area contributed by atoms with Crippen molar-refractivity contribution in [3.8, 4) is 11.5 Å². The maximum absolute atomic E-state index is 13.5. The van der Waals surface area contributed by atoms with Crippen molar-refractivity contribution < 1.29 is 28.6 Å². The van der Waals surface area contributed by atoms with E-state index in [1.807, 2.05) is 20.8 Å². The van der Waals surface area contributed by atoms with Crippen LogP contribution < -0.4 is 4.74 Å². The number of esters is 1. The zero-order valence-corrected chi connectivity index (χ0v) is 17.9. The van der Waals surface area contributed by atoms with Gasteiger partial charge in [-0.25, -0.2) is 9.37 Å². The van der Waals surface area contributed by atoms with Crippen LogP contribution in [0.3, 0.4) is 0 Å². The van der Waals surface area contributed by atoms with Crippen LogP contribution in [-0.4, -0.2) is 35.1 Å². The smallest absolute Gasteiger partial charge is 0.306 e. The number of nitrogens with zero attached hydrogens (tertiary/aromatic N) is 1. The van der Waals surface area contributed by atoms with Gasteiger partial charge in [0.05, 0.1) is 13.5 Å². The number of aryl methyl sites for hydroxylation is 1. The first-order valence-corrected chi connectivity index (χ1v) is 9.86. The second-order valence-corrected chi connectivity index (χ2v) is 7.60. The number of halogens is 1. The van der Waals surface area contributed by atoms with Crippen molar-refractivity contribution in [3.05, 3.63) is 53.1 Å². The number of carbonyl (C=O) groups excluding carboxylic acids is 2. The summed E-state index contributed by atoms with van der Waals surface area (Å²) in [6, 6.07) is 6.02. The van der Waals surface area contributed by atoms with E-state index in [1.54, 1.807) is 13.0 Å². The third-order valence-corrected chi connectivity index (χ3v) is 5.06. The third-order valence-electron chi connectivity index (χ3n) is 5.06. The Morgan fingerprint density at radius 2 is 1.87 bits per heavy atom. The lowest BCUT2D eigenvalue weighted by molar-refractivity contribution is -0.149. The van der Waals surface area contributed by atoms with Crippen LogP contribution in [0, 0.1) is 18.7 Å². The van der Waals surface area contributed by atoms with Gasteiger partial charge in [0.1, 0.15) is 11.9 Å². The second-order valence-electron chi connectivity index (χ2n) is 7.60. The summed E-state index contributed by atoms with van der Waals surface area (Å²) in [5.74, 6) is -1.49. The summed E-state index contributed by atoms with van der Waals surface area (Å²) in [6.07, 6.45) is 0.598. The molecule has 1 aromatic heterocycles. The molecule has 0 aliphatic heterocycles. The summed E-state index contributed by atoms with van der Waals surface area (Å²) in [6.45, 7) is 7.65. The number of carbonyl (C=O) groups is 2. The monoisotopic (exact) mass is 417 g/mol. The summed E-state index contributed by atoms with van der Waals surface area (Å²) < 4.78 is 24.0. The Labute approximate surface area is 176 Å². The van der Waals surface area contributed by atoms with E-state index in [1.165, 1.54) is 31.5 Å². The van der Waals surface area contributed by atoms with Crippen LogP contribution in [0.1, 0.15) is 61.1 Å². The van der Waals surface area contributed by atoms with Crippen LogP contribution in [0.5, 0.6) is 11.5 Å². The van der Waals surface area contributed by atoms with E-state index >= 15 is 0 Å². The first-order valence-electron chi connectivity index (χ1n) is 9.86. The Balaban J connectivity index is 2.03. The zero-order valence-electron chi connectivity index (χ0n) is 17.9. The van der Waals surface area contributed by atoms with Crippen LogP contribution in [0.25, 0.3) is 0 Å². The number of ether oxygens (including phenoxy) is 2. The minimum atomic E-state index is -0.524. The van der Waals surface area contributed by atoms with Crippen LogP contribution in [0.2, 0.25) is 0 Å². The molecule has 0 radical (unpaired) electrons. The molecule has 0 aliphatic rings. The molecule has 2 atom stereocenters. The minimum Gasteiger partial charge on any atom is -0.503 e. The number of pyridine rings is 1. The lowest BCUT2D eigenvalue weighted by Crippen LogP contribution is -2.27. The van der Waals surface area contributed by atoms with E-state index in [0.29, 0.717) is 0 Å². The van der Waals surface area contributed by atoms with Crippen molar-refractivity contribution >= 4 is 11.8 Å². The van der Waals surface area contributed by atoms with Crippen molar-refractivity contribution in [2.45, 2.75) is 52.6 Å². The summed E-state index contributed by atoms with van der Waals surface area (Å²) >= 11 is 0. The highest BCUT2D eigenvalue weighted by atomic mass is 19.1. The molecule has 1 N–H and O–H groups in total. The molecule has 0 amide bonds. The lowest BCUT2D eigenvalue weighted by Gasteiger charge is -2.29. The number of aromatic hydroxyl groups is 1. The average Bonchev–Trinajstić information content (AvgIpc) is 2.68. The highest BCUT2D eigenvalue weighted by molar-refractivity contribution is 5.98. The Morgan fingerprint density at radius 3 is 2.47 bits per heavy atom. The molecule has 0 saturated heterocycles. The van der Waals surface area contributed by atoms with Gasteiger partial charge in [-0.1, -0.05) is 19.9 Å². The highest BCUT2D eigenvalue weighted by Gasteiger charge is 2.28. The topological polar surface area (TPSA) is 85.7 Å². The molecule has 2 rings (SSSR count). The van der Waals surface area contributed by atoms with Gasteiger partial charge in [-0.05, 0) is 43.0 Å². The predicted molar refractivity (Wildman–Crippen MR) is 110 cm³/mol. The molecular weight excluding hydrogens is 389 g/mol. The van der Waals surface area contributed by atoms with Crippen molar-refractivity contribution in [1.29, 1.82) is 0 Å². The Kier molecular flexibility index (Phi) is 7.92. The summed E-state index contributed by atoms with van der Waals surface area (Å²) in [5.41, 5.74) is 1.58. The van der Waals surface area contributed by atoms with Crippen molar-refractivity contribution in [2.24, 2.45) is 5.92 Å². The standard InChI is InChI=1S/C23H28FNO5/c1-13(2)21(17-7-6-16(24)12-14(17)3)15(4)30-20(27)9-8-18(26)22-23(28)19(29-5)10-11-25-22/h6-7,10-13,15,21,28H,8-9H2,1-5H3/t15-,21+/m0/s1. The van der Waals surface area contributed by atoms with E-state index in [2.05, 4.69) is 4.98 Å². The fourth-order valence-electron chi connectivity index (χ4n) is 3.65. The molecule has 0 saturated carbocycles. The number of rotatable bonds is 9. The first kappa shape index (κ1) is 23.3. The number of hydrogen-bond donors (Lipinski definition) is 1. The van der Waals surface area contributed by atoms with Gasteiger partial charge in [-0.3, -0.25) is 9.59 Å². The molecule has 2 aromatic rings. The number of methoxy groups -OCH3 is 1. The van der Waals surface area contributed by atoms with Gasteiger partial charge < -0.3 is 14.6 Å². The first-order chi connectivity index (χ1) is 14.1. The largest absolute Gasteiger partial charge is 0.503 e. The normalized spacial score (nSPS) is 13.0. The summed E-state index contributed by atoms with van der Waals surface area (Å²) in [7, 11) is 1.37. The van der Waals surface area contributed by atoms with E-state index in [0.717, 1.165) is 11.1 Å². The van der Waals surface area contributed by atoms with Gasteiger partial charge in [-0.15, -0.1) is 0 Å². The molecule has 0 spiro atoms. The fourth-order valence-corrected chi connectivity index (χ4v) is 3.65. The zero-order chi connectivity index (χ0) is 22.4. The molecule has 6 nitrogen and oxygen atoms in total. The number of aromatic nitrogens is 1. The maximum Gasteiger partial charge on any atom is 0.306 e. The van der Waals surface area contributed by atoms with E-state index in [-0.39, 0.29) is 47.7 Å². The van der Waals surface area contributed by atoms with E-state index in [9.17, 15) is 19.1 Å². The molecule has 7 heteroatoms. The molecule has 0 bridgehead atoms. The van der Waals surface area contributed by atoms with Gasteiger partial charge in [0.2, 0.25) is 0 Å². The quantitative estimate of drug-likeness (QED) is 0.475. The molecule has 1 heterocycles. The van der Waals surface area contributed by atoms with Gasteiger partial charge in [0, 0.05) is 24.6 Å².